The fourth-order valence-electron chi connectivity index (χ4n) is 2.09. The Labute approximate surface area is 105 Å². The second kappa shape index (κ2) is 4.42. The summed E-state index contributed by atoms with van der Waals surface area (Å²) in [5.74, 6) is 0.122. The molecule has 4 nitrogen and oxygen atoms in total. The summed E-state index contributed by atoms with van der Waals surface area (Å²) < 4.78 is 20.7. The molecule has 1 unspecified atom stereocenters. The number of benzene rings is 1. The highest BCUT2D eigenvalue weighted by Gasteiger charge is 2.35. The second-order valence-corrected chi connectivity index (χ2v) is 4.25. The number of ether oxygens (including phenoxy) is 1. The van der Waals surface area contributed by atoms with Gasteiger partial charge in [-0.15, -0.1) is 0 Å². The number of rotatable bonds is 3. The summed E-state index contributed by atoms with van der Waals surface area (Å²) in [4.78, 5) is 4.07. The monoisotopic (exact) mass is 250 g/mol. The molecule has 1 aromatic carbocycles. The molecule has 1 N–H and O–H groups in total. The van der Waals surface area contributed by atoms with Crippen molar-refractivity contribution >= 4 is 0 Å². The maximum absolute atomic E-state index is 14.0. The summed E-state index contributed by atoms with van der Waals surface area (Å²) in [5, 5.41) is 10.6. The molecule has 0 aliphatic heterocycles. The fourth-order valence-corrected chi connectivity index (χ4v) is 2.09. The van der Waals surface area contributed by atoms with Gasteiger partial charge in [0.2, 0.25) is 0 Å². The quantitative estimate of drug-likeness (QED) is 0.904. The predicted molar refractivity (Wildman–Crippen MR) is 64.8 cm³/mol. The first-order valence-corrected chi connectivity index (χ1v) is 5.51. The van der Waals surface area contributed by atoms with E-state index in [1.54, 1.807) is 30.1 Å². The van der Waals surface area contributed by atoms with Gasteiger partial charge in [0, 0.05) is 19.4 Å². The van der Waals surface area contributed by atoms with Crippen LogP contribution >= 0.6 is 0 Å². The van der Waals surface area contributed by atoms with Crippen molar-refractivity contribution in [3.05, 3.63) is 47.8 Å². The van der Waals surface area contributed by atoms with E-state index in [1.807, 2.05) is 0 Å². The standard InChI is InChI=1S/C13H15FN2O2/c1-13(17,12-15-7-8-16(12)2)11-9(14)5-4-6-10(11)18-3/h4-8,17H,1-3H3. The van der Waals surface area contributed by atoms with Gasteiger partial charge < -0.3 is 14.4 Å². The smallest absolute Gasteiger partial charge is 0.151 e. The van der Waals surface area contributed by atoms with Crippen LogP contribution in [-0.2, 0) is 12.6 Å². The van der Waals surface area contributed by atoms with Gasteiger partial charge in [0.25, 0.3) is 0 Å². The Bertz CT molecular complexity index is 564. The van der Waals surface area contributed by atoms with Gasteiger partial charge in [0.05, 0.1) is 12.7 Å². The van der Waals surface area contributed by atoms with E-state index in [0.29, 0.717) is 11.6 Å². The van der Waals surface area contributed by atoms with Gasteiger partial charge in [-0.2, -0.15) is 0 Å². The maximum Gasteiger partial charge on any atom is 0.151 e. The molecule has 0 aliphatic carbocycles. The van der Waals surface area contributed by atoms with Crippen LogP contribution in [-0.4, -0.2) is 21.8 Å². The lowest BCUT2D eigenvalue weighted by Gasteiger charge is -2.25. The highest BCUT2D eigenvalue weighted by molar-refractivity contribution is 5.42. The third-order valence-electron chi connectivity index (χ3n) is 2.94. The minimum Gasteiger partial charge on any atom is -0.496 e. The number of methoxy groups -OCH3 is 1. The molecule has 0 saturated carbocycles. The lowest BCUT2D eigenvalue weighted by atomic mass is 9.93. The van der Waals surface area contributed by atoms with Gasteiger partial charge in [0.1, 0.15) is 17.4 Å². The predicted octanol–water partition coefficient (Wildman–Crippen LogP) is 1.82. The Kier molecular flexibility index (Phi) is 3.09. The summed E-state index contributed by atoms with van der Waals surface area (Å²) in [5.41, 5.74) is -1.48. The van der Waals surface area contributed by atoms with Crippen molar-refractivity contribution in [3.8, 4) is 5.75 Å². The average Bonchev–Trinajstić information content (AvgIpc) is 2.75. The number of nitrogens with zero attached hydrogens (tertiary/aromatic N) is 2. The zero-order valence-electron chi connectivity index (χ0n) is 10.5. The van der Waals surface area contributed by atoms with Gasteiger partial charge in [-0.3, -0.25) is 0 Å². The van der Waals surface area contributed by atoms with Gasteiger partial charge in [-0.1, -0.05) is 6.07 Å². The van der Waals surface area contributed by atoms with Gasteiger partial charge >= 0.3 is 0 Å². The van der Waals surface area contributed by atoms with Crippen molar-refractivity contribution in [1.82, 2.24) is 9.55 Å². The SMILES string of the molecule is COc1cccc(F)c1C(C)(O)c1nccn1C. The number of hydrogen-bond acceptors (Lipinski definition) is 3. The first kappa shape index (κ1) is 12.6. The summed E-state index contributed by atoms with van der Waals surface area (Å²) in [6.07, 6.45) is 3.24. The van der Waals surface area contributed by atoms with Crippen LogP contribution < -0.4 is 4.74 Å². The maximum atomic E-state index is 14.0. The lowest BCUT2D eigenvalue weighted by Crippen LogP contribution is -2.28. The molecule has 0 aliphatic rings. The second-order valence-electron chi connectivity index (χ2n) is 4.25. The molecule has 1 atom stereocenters. The number of aromatic nitrogens is 2. The zero-order chi connectivity index (χ0) is 13.3. The van der Waals surface area contributed by atoms with Crippen LogP contribution in [0.5, 0.6) is 5.75 Å². The van der Waals surface area contributed by atoms with Crippen molar-refractivity contribution < 1.29 is 14.2 Å². The Hall–Kier alpha value is -1.88. The first-order valence-electron chi connectivity index (χ1n) is 5.51. The molecular weight excluding hydrogens is 235 g/mol. The molecule has 2 aromatic rings. The van der Waals surface area contributed by atoms with Crippen molar-refractivity contribution in [1.29, 1.82) is 0 Å². The minimum absolute atomic E-state index is 0.0850. The number of imidazole rings is 1. The summed E-state index contributed by atoms with van der Waals surface area (Å²) in [6, 6.07) is 4.43. The Morgan fingerprint density at radius 1 is 1.44 bits per heavy atom. The molecule has 0 bridgehead atoms. The zero-order valence-corrected chi connectivity index (χ0v) is 10.5. The van der Waals surface area contributed by atoms with Crippen molar-refractivity contribution in [2.24, 2.45) is 7.05 Å². The van der Waals surface area contributed by atoms with Crippen LogP contribution in [0.15, 0.2) is 30.6 Å². The largest absolute Gasteiger partial charge is 0.496 e. The topological polar surface area (TPSA) is 47.3 Å². The molecule has 2 rings (SSSR count). The first-order chi connectivity index (χ1) is 8.48. The Morgan fingerprint density at radius 3 is 2.72 bits per heavy atom. The van der Waals surface area contributed by atoms with E-state index < -0.39 is 11.4 Å². The van der Waals surface area contributed by atoms with Crippen LogP contribution in [0.2, 0.25) is 0 Å². The van der Waals surface area contributed by atoms with Crippen LogP contribution in [0.1, 0.15) is 18.3 Å². The molecular formula is C13H15FN2O2. The molecule has 1 aromatic heterocycles. The van der Waals surface area contributed by atoms with E-state index in [9.17, 15) is 9.50 Å². The van der Waals surface area contributed by atoms with E-state index in [4.69, 9.17) is 4.74 Å². The highest BCUT2D eigenvalue weighted by Crippen LogP contribution is 2.36. The van der Waals surface area contributed by atoms with Gasteiger partial charge in [-0.05, 0) is 19.1 Å². The molecule has 0 amide bonds. The third kappa shape index (κ3) is 1.86. The molecule has 0 saturated heterocycles. The number of aryl methyl sites for hydroxylation is 1. The lowest BCUT2D eigenvalue weighted by molar-refractivity contribution is 0.0819. The van der Waals surface area contributed by atoms with Crippen molar-refractivity contribution in [2.75, 3.05) is 7.11 Å². The van der Waals surface area contributed by atoms with Gasteiger partial charge in [0.15, 0.2) is 5.60 Å². The van der Waals surface area contributed by atoms with Crippen molar-refractivity contribution in [3.63, 3.8) is 0 Å². The molecule has 0 fully saturated rings. The number of hydrogen-bond donors (Lipinski definition) is 1. The Balaban J connectivity index is 2.64. The van der Waals surface area contributed by atoms with E-state index in [-0.39, 0.29) is 5.56 Å². The summed E-state index contributed by atoms with van der Waals surface area (Å²) in [6.45, 7) is 1.50. The Morgan fingerprint density at radius 2 is 2.17 bits per heavy atom. The summed E-state index contributed by atoms with van der Waals surface area (Å²) in [7, 11) is 3.18. The molecule has 0 spiro atoms. The molecule has 1 heterocycles. The molecule has 0 radical (unpaired) electrons. The van der Waals surface area contributed by atoms with E-state index >= 15 is 0 Å². The van der Waals surface area contributed by atoms with E-state index in [2.05, 4.69) is 4.98 Å². The van der Waals surface area contributed by atoms with Crippen LogP contribution in [0, 0.1) is 5.82 Å². The number of aliphatic hydroxyl groups is 1. The normalized spacial score (nSPS) is 14.3. The summed E-state index contributed by atoms with van der Waals surface area (Å²) >= 11 is 0. The van der Waals surface area contributed by atoms with E-state index in [0.717, 1.165) is 0 Å². The highest BCUT2D eigenvalue weighted by atomic mass is 19.1. The molecule has 96 valence electrons. The average molecular weight is 250 g/mol. The van der Waals surface area contributed by atoms with Gasteiger partial charge in [-0.25, -0.2) is 9.37 Å². The minimum atomic E-state index is -1.56. The molecule has 18 heavy (non-hydrogen) atoms. The van der Waals surface area contributed by atoms with Crippen LogP contribution in [0.4, 0.5) is 4.39 Å². The van der Waals surface area contributed by atoms with Crippen LogP contribution in [0.3, 0.4) is 0 Å². The molecule has 5 heteroatoms. The fraction of sp³-hybridized carbons (Fsp3) is 0.308. The van der Waals surface area contributed by atoms with Crippen LogP contribution in [0.25, 0.3) is 0 Å². The van der Waals surface area contributed by atoms with E-state index in [1.165, 1.54) is 26.2 Å². The third-order valence-corrected chi connectivity index (χ3v) is 2.94. The number of halogens is 1. The van der Waals surface area contributed by atoms with Crippen molar-refractivity contribution in [2.45, 2.75) is 12.5 Å².